The fourth-order valence-electron chi connectivity index (χ4n) is 3.90. The molecular formula is C23H29FN2O. The summed E-state index contributed by atoms with van der Waals surface area (Å²) in [7, 11) is 4.05. The third-order valence-corrected chi connectivity index (χ3v) is 5.87. The Labute approximate surface area is 161 Å². The summed E-state index contributed by atoms with van der Waals surface area (Å²) in [5.41, 5.74) is 2.70. The molecular weight excluding hydrogens is 339 g/mol. The summed E-state index contributed by atoms with van der Waals surface area (Å²) in [5.74, 6) is -0.273. The molecule has 1 fully saturated rings. The molecule has 27 heavy (non-hydrogen) atoms. The molecule has 0 heterocycles. The summed E-state index contributed by atoms with van der Waals surface area (Å²) in [5, 5.41) is 3.15. The van der Waals surface area contributed by atoms with Crippen molar-refractivity contribution < 1.29 is 9.18 Å². The molecule has 3 nitrogen and oxygen atoms in total. The molecule has 1 amide bonds. The maximum atomic E-state index is 13.7. The lowest BCUT2D eigenvalue weighted by atomic mass is 9.63. The van der Waals surface area contributed by atoms with Gasteiger partial charge in [-0.1, -0.05) is 49.7 Å². The number of halogens is 1. The molecule has 0 radical (unpaired) electrons. The van der Waals surface area contributed by atoms with Crippen LogP contribution in [0.4, 0.5) is 4.39 Å². The number of hydrogen-bond donors (Lipinski definition) is 1. The Morgan fingerprint density at radius 3 is 2.41 bits per heavy atom. The van der Waals surface area contributed by atoms with Crippen LogP contribution in [-0.2, 0) is 16.6 Å². The Bertz CT molecular complexity index is 781. The van der Waals surface area contributed by atoms with E-state index in [0.717, 1.165) is 31.2 Å². The molecule has 0 spiro atoms. The maximum absolute atomic E-state index is 13.7. The first-order chi connectivity index (χ1) is 13.0. The Hall–Kier alpha value is -2.20. The van der Waals surface area contributed by atoms with Gasteiger partial charge < -0.3 is 10.2 Å². The minimum atomic E-state index is -0.578. The average Bonchev–Trinajstić information content (AvgIpc) is 2.61. The number of benzene rings is 2. The number of likely N-dealkylation sites (N-methyl/N-ethyl adjacent to an activating group) is 1. The second-order valence-electron chi connectivity index (χ2n) is 7.73. The fraction of sp³-hybridized carbons (Fsp3) is 0.435. The standard InChI is InChI=1S/C23H29FN2O/c1-4-17-9-11-18(12-10-17)21(26(2)3)16-25-22(27)23(13-6-14-23)19-7-5-8-20(24)15-19/h5,7-12,15,21H,4,6,13-14,16H2,1-3H3,(H,25,27). The number of aryl methyl sites for hydroxylation is 1. The zero-order valence-electron chi connectivity index (χ0n) is 16.5. The third-order valence-electron chi connectivity index (χ3n) is 5.87. The summed E-state index contributed by atoms with van der Waals surface area (Å²) >= 11 is 0. The molecule has 4 heteroatoms. The van der Waals surface area contributed by atoms with Crippen LogP contribution < -0.4 is 5.32 Å². The van der Waals surface area contributed by atoms with Crippen molar-refractivity contribution in [2.45, 2.75) is 44.1 Å². The van der Waals surface area contributed by atoms with Crippen LogP contribution in [0, 0.1) is 5.82 Å². The number of nitrogens with one attached hydrogen (secondary N) is 1. The van der Waals surface area contributed by atoms with Crippen LogP contribution >= 0.6 is 0 Å². The van der Waals surface area contributed by atoms with Crippen LogP contribution in [0.2, 0.25) is 0 Å². The number of carbonyl (C=O) groups excluding carboxylic acids is 1. The summed E-state index contributed by atoms with van der Waals surface area (Å²) in [6, 6.07) is 15.2. The fourth-order valence-corrected chi connectivity index (χ4v) is 3.90. The summed E-state index contributed by atoms with van der Waals surface area (Å²) in [6.07, 6.45) is 3.57. The second-order valence-corrected chi connectivity index (χ2v) is 7.73. The molecule has 1 saturated carbocycles. The molecule has 1 aliphatic rings. The lowest BCUT2D eigenvalue weighted by Crippen LogP contribution is -2.50. The van der Waals surface area contributed by atoms with E-state index in [0.29, 0.717) is 6.54 Å². The van der Waals surface area contributed by atoms with Gasteiger partial charge in [0.1, 0.15) is 5.82 Å². The quantitative estimate of drug-likeness (QED) is 0.793. The molecule has 144 valence electrons. The van der Waals surface area contributed by atoms with Crippen molar-refractivity contribution in [1.29, 1.82) is 0 Å². The van der Waals surface area contributed by atoms with E-state index < -0.39 is 5.41 Å². The highest BCUT2D eigenvalue weighted by atomic mass is 19.1. The highest BCUT2D eigenvalue weighted by Gasteiger charge is 2.45. The molecule has 3 rings (SSSR count). The summed E-state index contributed by atoms with van der Waals surface area (Å²) < 4.78 is 13.7. The average molecular weight is 368 g/mol. The molecule has 2 aromatic carbocycles. The van der Waals surface area contributed by atoms with Crippen molar-refractivity contribution >= 4 is 5.91 Å². The zero-order valence-corrected chi connectivity index (χ0v) is 16.5. The molecule has 1 atom stereocenters. The molecule has 0 bridgehead atoms. The molecule has 0 saturated heterocycles. The first kappa shape index (κ1) is 19.6. The van der Waals surface area contributed by atoms with Crippen molar-refractivity contribution in [3.8, 4) is 0 Å². The Kier molecular flexibility index (Phi) is 5.95. The van der Waals surface area contributed by atoms with E-state index in [1.165, 1.54) is 23.3 Å². The number of rotatable bonds is 7. The molecule has 0 aromatic heterocycles. The van der Waals surface area contributed by atoms with Gasteiger partial charge in [-0.25, -0.2) is 4.39 Å². The highest BCUT2D eigenvalue weighted by Crippen LogP contribution is 2.44. The molecule has 1 unspecified atom stereocenters. The summed E-state index contributed by atoms with van der Waals surface area (Å²) in [6.45, 7) is 2.68. The van der Waals surface area contributed by atoms with Gasteiger partial charge in [-0.05, 0) is 62.2 Å². The van der Waals surface area contributed by atoms with E-state index in [1.807, 2.05) is 20.2 Å². The Balaban J connectivity index is 1.73. The lowest BCUT2D eigenvalue weighted by molar-refractivity contribution is -0.130. The number of nitrogens with zero attached hydrogens (tertiary/aromatic N) is 1. The largest absolute Gasteiger partial charge is 0.353 e. The van der Waals surface area contributed by atoms with E-state index in [-0.39, 0.29) is 17.8 Å². The van der Waals surface area contributed by atoms with E-state index in [4.69, 9.17) is 0 Å². The summed E-state index contributed by atoms with van der Waals surface area (Å²) in [4.78, 5) is 15.2. The predicted octanol–water partition coefficient (Wildman–Crippen LogP) is 4.23. The van der Waals surface area contributed by atoms with Crippen LogP contribution in [0.15, 0.2) is 48.5 Å². The zero-order chi connectivity index (χ0) is 19.4. The van der Waals surface area contributed by atoms with E-state index in [1.54, 1.807) is 6.07 Å². The van der Waals surface area contributed by atoms with Crippen LogP contribution in [0.5, 0.6) is 0 Å². The smallest absolute Gasteiger partial charge is 0.230 e. The van der Waals surface area contributed by atoms with Gasteiger partial charge in [-0.3, -0.25) is 4.79 Å². The van der Waals surface area contributed by atoms with Gasteiger partial charge in [0.15, 0.2) is 0 Å². The Morgan fingerprint density at radius 2 is 1.89 bits per heavy atom. The predicted molar refractivity (Wildman–Crippen MR) is 107 cm³/mol. The van der Waals surface area contributed by atoms with Gasteiger partial charge in [0, 0.05) is 6.54 Å². The number of amides is 1. The number of carbonyl (C=O) groups is 1. The van der Waals surface area contributed by atoms with Gasteiger partial charge >= 0.3 is 0 Å². The maximum Gasteiger partial charge on any atom is 0.230 e. The first-order valence-corrected chi connectivity index (χ1v) is 9.76. The minimum Gasteiger partial charge on any atom is -0.353 e. The van der Waals surface area contributed by atoms with E-state index >= 15 is 0 Å². The van der Waals surface area contributed by atoms with E-state index in [9.17, 15) is 9.18 Å². The SMILES string of the molecule is CCc1ccc(C(CNC(=O)C2(c3cccc(F)c3)CCC2)N(C)C)cc1. The van der Waals surface area contributed by atoms with Crippen molar-refractivity contribution in [1.82, 2.24) is 10.2 Å². The van der Waals surface area contributed by atoms with E-state index in [2.05, 4.69) is 41.4 Å². The van der Waals surface area contributed by atoms with Gasteiger partial charge in [-0.2, -0.15) is 0 Å². The van der Waals surface area contributed by atoms with Gasteiger partial charge in [-0.15, -0.1) is 0 Å². The van der Waals surface area contributed by atoms with Gasteiger partial charge in [0.05, 0.1) is 11.5 Å². The minimum absolute atomic E-state index is 0.0105. The second kappa shape index (κ2) is 8.22. The van der Waals surface area contributed by atoms with Crippen LogP contribution in [0.3, 0.4) is 0 Å². The molecule has 1 N–H and O–H groups in total. The van der Waals surface area contributed by atoms with Crippen molar-refractivity contribution in [2.24, 2.45) is 0 Å². The topological polar surface area (TPSA) is 32.3 Å². The van der Waals surface area contributed by atoms with Gasteiger partial charge in [0.25, 0.3) is 0 Å². The third kappa shape index (κ3) is 4.06. The lowest BCUT2D eigenvalue weighted by Gasteiger charge is -2.41. The van der Waals surface area contributed by atoms with Crippen molar-refractivity contribution in [2.75, 3.05) is 20.6 Å². The first-order valence-electron chi connectivity index (χ1n) is 9.76. The van der Waals surface area contributed by atoms with Crippen LogP contribution in [0.25, 0.3) is 0 Å². The molecule has 2 aromatic rings. The molecule has 1 aliphatic carbocycles. The van der Waals surface area contributed by atoms with Crippen molar-refractivity contribution in [3.05, 3.63) is 71.0 Å². The van der Waals surface area contributed by atoms with Crippen LogP contribution in [-0.4, -0.2) is 31.4 Å². The Morgan fingerprint density at radius 1 is 1.19 bits per heavy atom. The number of hydrogen-bond acceptors (Lipinski definition) is 2. The highest BCUT2D eigenvalue weighted by molar-refractivity contribution is 5.89. The van der Waals surface area contributed by atoms with Gasteiger partial charge in [0.2, 0.25) is 5.91 Å². The molecule has 0 aliphatic heterocycles. The monoisotopic (exact) mass is 368 g/mol. The van der Waals surface area contributed by atoms with Crippen LogP contribution in [0.1, 0.15) is 48.9 Å². The normalized spacial score (nSPS) is 16.6. The van der Waals surface area contributed by atoms with Crippen molar-refractivity contribution in [3.63, 3.8) is 0 Å².